The highest BCUT2D eigenvalue weighted by atomic mass is 16.5. The van der Waals surface area contributed by atoms with Crippen LogP contribution >= 0.6 is 0 Å². The second-order valence-electron chi connectivity index (χ2n) is 6.88. The van der Waals surface area contributed by atoms with Crippen LogP contribution in [0.3, 0.4) is 0 Å². The van der Waals surface area contributed by atoms with Crippen molar-refractivity contribution < 1.29 is 9.53 Å². The van der Waals surface area contributed by atoms with Gasteiger partial charge in [0.15, 0.2) is 0 Å². The molecular formula is C19H33N5O2. The first-order chi connectivity index (χ1) is 12.7. The molecule has 0 aromatic carbocycles. The fraction of sp³-hybridized carbons (Fsp3) is 0.737. The van der Waals surface area contributed by atoms with Crippen LogP contribution in [0.2, 0.25) is 0 Å². The molecule has 2 heterocycles. The molecule has 1 aliphatic heterocycles. The molecule has 7 heteroatoms. The number of carbonyl (C=O) groups is 1. The predicted octanol–water partition coefficient (Wildman–Crippen LogP) is 2.54. The normalized spacial score (nSPS) is 15.0. The number of anilines is 2. The third-order valence-electron chi connectivity index (χ3n) is 4.51. The fourth-order valence-corrected chi connectivity index (χ4v) is 2.94. The lowest BCUT2D eigenvalue weighted by Crippen LogP contribution is -2.32. The lowest BCUT2D eigenvalue weighted by atomic mass is 10.2. The number of nitrogens with one attached hydrogen (secondary N) is 1. The molecule has 0 amide bonds. The number of hydrogen-bond acceptors (Lipinski definition) is 7. The number of carbonyl (C=O) groups excluding carboxylic acids is 1. The third-order valence-corrected chi connectivity index (χ3v) is 4.51. The molecule has 26 heavy (non-hydrogen) atoms. The van der Waals surface area contributed by atoms with Crippen molar-refractivity contribution in [2.45, 2.75) is 45.4 Å². The lowest BCUT2D eigenvalue weighted by molar-refractivity contribution is -0.144. The maximum Gasteiger partial charge on any atom is 0.320 e. The summed E-state index contributed by atoms with van der Waals surface area (Å²) >= 11 is 0. The van der Waals surface area contributed by atoms with Gasteiger partial charge in [-0.3, -0.25) is 9.69 Å². The van der Waals surface area contributed by atoms with Crippen molar-refractivity contribution in [3.05, 3.63) is 12.3 Å². The predicted molar refractivity (Wildman–Crippen MR) is 105 cm³/mol. The first-order valence-electron chi connectivity index (χ1n) is 9.85. The molecule has 1 saturated heterocycles. The van der Waals surface area contributed by atoms with Crippen LogP contribution in [-0.4, -0.2) is 67.2 Å². The summed E-state index contributed by atoms with van der Waals surface area (Å²) in [7, 11) is 1.91. The summed E-state index contributed by atoms with van der Waals surface area (Å²) in [5, 5.41) is 3.25. The van der Waals surface area contributed by atoms with Crippen LogP contribution in [-0.2, 0) is 9.53 Å². The summed E-state index contributed by atoms with van der Waals surface area (Å²) in [4.78, 5) is 24.9. The zero-order chi connectivity index (χ0) is 18.6. The molecule has 146 valence electrons. The molecule has 1 aromatic rings. The van der Waals surface area contributed by atoms with Crippen molar-refractivity contribution in [2.24, 2.45) is 0 Å². The number of rotatable bonds is 10. The van der Waals surface area contributed by atoms with Gasteiger partial charge >= 0.3 is 5.97 Å². The molecule has 0 bridgehead atoms. The van der Waals surface area contributed by atoms with Gasteiger partial charge in [0.2, 0.25) is 5.95 Å². The average Bonchev–Trinajstić information content (AvgIpc) is 2.91. The molecule has 0 aliphatic carbocycles. The number of ether oxygens (including phenoxy) is 1. The molecule has 0 spiro atoms. The summed E-state index contributed by atoms with van der Waals surface area (Å²) in [6.07, 6.45) is 8.83. The zero-order valence-electron chi connectivity index (χ0n) is 16.2. The van der Waals surface area contributed by atoms with Crippen molar-refractivity contribution in [1.29, 1.82) is 0 Å². The Morgan fingerprint density at radius 1 is 1.31 bits per heavy atom. The van der Waals surface area contributed by atoms with Gasteiger partial charge in [-0.1, -0.05) is 26.2 Å². The number of hydrogen-bond donors (Lipinski definition) is 1. The van der Waals surface area contributed by atoms with Gasteiger partial charge in [-0.25, -0.2) is 4.98 Å². The van der Waals surface area contributed by atoms with E-state index in [1.54, 1.807) is 0 Å². The van der Waals surface area contributed by atoms with Crippen LogP contribution < -0.4 is 10.2 Å². The Hall–Kier alpha value is -1.89. The summed E-state index contributed by atoms with van der Waals surface area (Å²) in [6.45, 7) is 6.44. The molecule has 2 rings (SSSR count). The van der Waals surface area contributed by atoms with E-state index < -0.39 is 0 Å². The van der Waals surface area contributed by atoms with E-state index in [1.165, 1.54) is 25.7 Å². The van der Waals surface area contributed by atoms with E-state index in [0.717, 1.165) is 38.3 Å². The van der Waals surface area contributed by atoms with Crippen molar-refractivity contribution in [3.8, 4) is 0 Å². The minimum Gasteiger partial charge on any atom is -0.465 e. The Balaban J connectivity index is 1.71. The molecule has 1 aliphatic rings. The third kappa shape index (κ3) is 7.56. The monoisotopic (exact) mass is 363 g/mol. The summed E-state index contributed by atoms with van der Waals surface area (Å²) in [6, 6.07) is 1.98. The molecule has 0 radical (unpaired) electrons. The second-order valence-corrected chi connectivity index (χ2v) is 6.88. The van der Waals surface area contributed by atoms with Gasteiger partial charge in [-0.2, -0.15) is 4.98 Å². The summed E-state index contributed by atoms with van der Waals surface area (Å²) in [5.74, 6) is 1.48. The Morgan fingerprint density at radius 2 is 2.08 bits per heavy atom. The maximum absolute atomic E-state index is 11.7. The zero-order valence-corrected chi connectivity index (χ0v) is 16.2. The minimum atomic E-state index is -0.166. The highest BCUT2D eigenvalue weighted by Gasteiger charge is 2.12. The quantitative estimate of drug-likeness (QED) is 0.506. The first kappa shape index (κ1) is 20.4. The second kappa shape index (κ2) is 11.7. The van der Waals surface area contributed by atoms with E-state index in [1.807, 2.05) is 24.2 Å². The summed E-state index contributed by atoms with van der Waals surface area (Å²) in [5.41, 5.74) is 0. The van der Waals surface area contributed by atoms with Crippen molar-refractivity contribution >= 4 is 17.7 Å². The molecule has 1 N–H and O–H groups in total. The topological polar surface area (TPSA) is 70.6 Å². The molecule has 0 atom stereocenters. The number of likely N-dealkylation sites (N-methyl/N-ethyl adjacent to an activating group) is 1. The highest BCUT2D eigenvalue weighted by molar-refractivity contribution is 5.71. The van der Waals surface area contributed by atoms with Crippen molar-refractivity contribution in [2.75, 3.05) is 56.6 Å². The summed E-state index contributed by atoms with van der Waals surface area (Å²) < 4.78 is 5.18. The van der Waals surface area contributed by atoms with Crippen LogP contribution in [0.4, 0.5) is 11.8 Å². The Kier molecular flexibility index (Phi) is 9.17. The fourth-order valence-electron chi connectivity index (χ4n) is 2.94. The Labute approximate surface area is 157 Å². The molecule has 0 unspecified atom stereocenters. The van der Waals surface area contributed by atoms with E-state index in [0.29, 0.717) is 25.6 Å². The van der Waals surface area contributed by atoms with Gasteiger partial charge in [0.1, 0.15) is 5.82 Å². The van der Waals surface area contributed by atoms with Gasteiger partial charge in [-0.15, -0.1) is 0 Å². The van der Waals surface area contributed by atoms with Gasteiger partial charge in [0, 0.05) is 32.4 Å². The minimum absolute atomic E-state index is 0.166. The first-order valence-corrected chi connectivity index (χ1v) is 9.85. The van der Waals surface area contributed by atoms with Gasteiger partial charge in [0.05, 0.1) is 13.2 Å². The standard InChI is InChI=1S/C19H33N5O2/c1-3-4-15-26-18(25)16-23(2)14-11-21-19-20-10-9-17(22-19)24-12-7-5-6-8-13-24/h9-10H,3-8,11-16H2,1-2H3,(H,20,21,22). The molecule has 7 nitrogen and oxygen atoms in total. The van der Waals surface area contributed by atoms with E-state index in [4.69, 9.17) is 4.74 Å². The van der Waals surface area contributed by atoms with Crippen LogP contribution in [0.1, 0.15) is 45.4 Å². The Morgan fingerprint density at radius 3 is 2.81 bits per heavy atom. The molecule has 1 fully saturated rings. The van der Waals surface area contributed by atoms with Gasteiger partial charge in [0.25, 0.3) is 0 Å². The number of aromatic nitrogens is 2. The molecule has 1 aromatic heterocycles. The van der Waals surface area contributed by atoms with Gasteiger partial charge < -0.3 is 15.0 Å². The van der Waals surface area contributed by atoms with E-state index >= 15 is 0 Å². The number of nitrogens with zero attached hydrogens (tertiary/aromatic N) is 4. The van der Waals surface area contributed by atoms with E-state index in [-0.39, 0.29) is 5.97 Å². The van der Waals surface area contributed by atoms with E-state index in [2.05, 4.69) is 27.1 Å². The van der Waals surface area contributed by atoms with Crippen LogP contribution in [0.25, 0.3) is 0 Å². The van der Waals surface area contributed by atoms with Crippen molar-refractivity contribution in [1.82, 2.24) is 14.9 Å². The van der Waals surface area contributed by atoms with E-state index in [9.17, 15) is 4.79 Å². The number of esters is 1. The Bertz CT molecular complexity index is 532. The molecule has 0 saturated carbocycles. The SMILES string of the molecule is CCCCOC(=O)CN(C)CCNc1nccc(N2CCCCCC2)n1. The lowest BCUT2D eigenvalue weighted by Gasteiger charge is -2.21. The maximum atomic E-state index is 11.7. The van der Waals surface area contributed by atoms with Crippen molar-refractivity contribution in [3.63, 3.8) is 0 Å². The average molecular weight is 364 g/mol. The highest BCUT2D eigenvalue weighted by Crippen LogP contribution is 2.17. The molecular weight excluding hydrogens is 330 g/mol. The van der Waals surface area contributed by atoms with Crippen LogP contribution in [0, 0.1) is 0 Å². The van der Waals surface area contributed by atoms with Crippen LogP contribution in [0.5, 0.6) is 0 Å². The largest absolute Gasteiger partial charge is 0.465 e. The number of unbranched alkanes of at least 4 members (excludes halogenated alkanes) is 1. The van der Waals surface area contributed by atoms with Gasteiger partial charge in [-0.05, 0) is 32.4 Å². The van der Waals surface area contributed by atoms with Crippen LogP contribution in [0.15, 0.2) is 12.3 Å². The smallest absolute Gasteiger partial charge is 0.320 e.